The standard InChI is InChI=1S/C32H32O15/c33-11-21-23(35)25(37)27(39)30(45-21)42-13-5-7-17-19(9-13)44-20-10-14(43-31-28(40)26(38)24(36)22(12-34)46-31)6-8-18(20)32(17)16-4-2-1-3-15(16)29(41)47-32/h1-10,21-28,30-31,33-40H,11-12H2/t21-,22-,23-,24-,25+,26+,27+,28+,30-,31-/m1/s1. The van der Waals surface area contributed by atoms with Crippen LogP contribution in [-0.4, -0.2) is 121 Å². The molecular formula is C32H32O15. The molecule has 0 aliphatic carbocycles. The minimum Gasteiger partial charge on any atom is -0.462 e. The van der Waals surface area contributed by atoms with Crippen LogP contribution in [-0.2, 0) is 19.8 Å². The summed E-state index contributed by atoms with van der Waals surface area (Å²) >= 11 is 0. The lowest BCUT2D eigenvalue weighted by Crippen LogP contribution is -2.60. The van der Waals surface area contributed by atoms with Crippen LogP contribution < -0.4 is 14.2 Å². The Labute approximate surface area is 266 Å². The largest absolute Gasteiger partial charge is 0.462 e. The molecule has 0 amide bonds. The second-order valence-corrected chi connectivity index (χ2v) is 11.7. The highest BCUT2D eigenvalue weighted by molar-refractivity contribution is 5.97. The average Bonchev–Trinajstić information content (AvgIpc) is 3.37. The zero-order valence-electron chi connectivity index (χ0n) is 24.4. The third-order valence-electron chi connectivity index (χ3n) is 8.86. The zero-order valence-corrected chi connectivity index (χ0v) is 24.4. The van der Waals surface area contributed by atoms with Gasteiger partial charge in [-0.05, 0) is 30.3 Å². The lowest BCUT2D eigenvalue weighted by molar-refractivity contribution is -0.277. The van der Waals surface area contributed by atoms with E-state index in [1.54, 1.807) is 36.4 Å². The summed E-state index contributed by atoms with van der Waals surface area (Å²) in [5.74, 6) is -0.0677. The monoisotopic (exact) mass is 656 g/mol. The molecule has 8 N–H and O–H groups in total. The van der Waals surface area contributed by atoms with Gasteiger partial charge >= 0.3 is 5.97 Å². The van der Waals surface area contributed by atoms with Gasteiger partial charge in [-0.2, -0.15) is 0 Å². The Bertz CT molecular complexity index is 1570. The summed E-state index contributed by atoms with van der Waals surface area (Å²) in [6, 6.07) is 16.0. The van der Waals surface area contributed by atoms with Gasteiger partial charge in [0.2, 0.25) is 12.6 Å². The van der Waals surface area contributed by atoms with Crippen LogP contribution in [0.4, 0.5) is 0 Å². The molecule has 0 bridgehead atoms. The van der Waals surface area contributed by atoms with Gasteiger partial charge in [-0.15, -0.1) is 0 Å². The van der Waals surface area contributed by atoms with Crippen LogP contribution >= 0.6 is 0 Å². The van der Waals surface area contributed by atoms with Gasteiger partial charge in [0.05, 0.1) is 18.8 Å². The second-order valence-electron chi connectivity index (χ2n) is 11.7. The maximum atomic E-state index is 13.2. The van der Waals surface area contributed by atoms with Crippen LogP contribution in [0.25, 0.3) is 0 Å². The summed E-state index contributed by atoms with van der Waals surface area (Å²) in [5.41, 5.74) is 0.217. The van der Waals surface area contributed by atoms with Crippen molar-refractivity contribution in [2.45, 2.75) is 67.0 Å². The van der Waals surface area contributed by atoms with Crippen molar-refractivity contribution in [1.82, 2.24) is 0 Å². The van der Waals surface area contributed by atoms with Gasteiger partial charge in [0.25, 0.3) is 0 Å². The molecule has 0 unspecified atom stereocenters. The fraction of sp³-hybridized carbons (Fsp3) is 0.406. The van der Waals surface area contributed by atoms with E-state index in [9.17, 15) is 45.6 Å². The molecular weight excluding hydrogens is 624 g/mol. The molecule has 0 saturated carbocycles. The van der Waals surface area contributed by atoms with Crippen molar-refractivity contribution < 1.29 is 74.1 Å². The number of carbonyl (C=O) groups excluding carboxylic acids is 1. The summed E-state index contributed by atoms with van der Waals surface area (Å²) in [7, 11) is 0. The number of benzene rings is 3. The van der Waals surface area contributed by atoms with Crippen LogP contribution in [0, 0.1) is 0 Å². The first-order chi connectivity index (χ1) is 22.6. The van der Waals surface area contributed by atoms with Crippen molar-refractivity contribution in [2.24, 2.45) is 0 Å². The summed E-state index contributed by atoms with van der Waals surface area (Å²) in [4.78, 5) is 13.2. The number of esters is 1. The predicted octanol–water partition coefficient (Wildman–Crippen LogP) is -1.39. The van der Waals surface area contributed by atoms with Crippen LogP contribution in [0.3, 0.4) is 0 Å². The van der Waals surface area contributed by atoms with Crippen molar-refractivity contribution in [3.05, 3.63) is 82.9 Å². The number of rotatable bonds is 6. The van der Waals surface area contributed by atoms with Crippen LogP contribution in [0.2, 0.25) is 0 Å². The molecule has 0 radical (unpaired) electrons. The van der Waals surface area contributed by atoms with E-state index in [1.165, 1.54) is 24.3 Å². The molecule has 250 valence electrons. The number of hydrogen-bond acceptors (Lipinski definition) is 15. The van der Waals surface area contributed by atoms with E-state index < -0.39 is 86.2 Å². The normalized spacial score (nSPS) is 33.7. The van der Waals surface area contributed by atoms with E-state index >= 15 is 0 Å². The van der Waals surface area contributed by atoms with Crippen molar-refractivity contribution in [3.8, 4) is 23.0 Å². The van der Waals surface area contributed by atoms with Crippen molar-refractivity contribution in [3.63, 3.8) is 0 Å². The van der Waals surface area contributed by atoms with E-state index in [4.69, 9.17) is 28.4 Å². The summed E-state index contributed by atoms with van der Waals surface area (Å²) in [6.07, 6.45) is -15.1. The van der Waals surface area contributed by atoms with Crippen LogP contribution in [0.1, 0.15) is 27.0 Å². The number of aliphatic hydroxyl groups excluding tert-OH is 8. The fourth-order valence-corrected chi connectivity index (χ4v) is 6.38. The van der Waals surface area contributed by atoms with Gasteiger partial charge in [-0.25, -0.2) is 4.79 Å². The molecule has 1 spiro atoms. The Balaban J connectivity index is 1.26. The number of aliphatic hydroxyl groups is 8. The highest BCUT2D eigenvalue weighted by atomic mass is 16.7. The van der Waals surface area contributed by atoms with Crippen molar-refractivity contribution in [1.29, 1.82) is 0 Å². The molecule has 0 aromatic heterocycles. The summed E-state index contributed by atoms with van der Waals surface area (Å²) in [5, 5.41) is 80.7. The third kappa shape index (κ3) is 5.03. The number of fused-ring (bicyclic) bond motifs is 6. The Morgan fingerprint density at radius 1 is 0.617 bits per heavy atom. The Morgan fingerprint density at radius 2 is 1.11 bits per heavy atom. The van der Waals surface area contributed by atoms with Gasteiger partial charge in [0, 0.05) is 28.8 Å². The predicted molar refractivity (Wildman–Crippen MR) is 153 cm³/mol. The molecule has 15 heteroatoms. The van der Waals surface area contributed by atoms with E-state index in [0.29, 0.717) is 22.3 Å². The molecule has 4 aliphatic rings. The highest BCUT2D eigenvalue weighted by Gasteiger charge is 2.54. The Hall–Kier alpha value is -3.87. The number of ether oxygens (including phenoxy) is 6. The van der Waals surface area contributed by atoms with Crippen molar-refractivity contribution in [2.75, 3.05) is 13.2 Å². The molecule has 3 aromatic carbocycles. The first-order valence-corrected chi connectivity index (χ1v) is 14.8. The molecule has 3 aromatic rings. The highest BCUT2D eigenvalue weighted by Crippen LogP contribution is 2.57. The Morgan fingerprint density at radius 3 is 1.60 bits per heavy atom. The first-order valence-electron chi connectivity index (χ1n) is 14.8. The lowest BCUT2D eigenvalue weighted by atomic mass is 9.77. The first kappa shape index (κ1) is 31.7. The van der Waals surface area contributed by atoms with Crippen LogP contribution in [0.15, 0.2) is 60.7 Å². The Kier molecular flexibility index (Phi) is 8.08. The van der Waals surface area contributed by atoms with E-state index in [1.807, 2.05) is 0 Å². The zero-order chi connectivity index (χ0) is 33.2. The second kappa shape index (κ2) is 12.0. The lowest BCUT2D eigenvalue weighted by Gasteiger charge is -2.40. The molecule has 2 saturated heterocycles. The van der Waals surface area contributed by atoms with Crippen LogP contribution in [0.5, 0.6) is 23.0 Å². The molecule has 10 atom stereocenters. The van der Waals surface area contributed by atoms with E-state index in [2.05, 4.69) is 0 Å². The van der Waals surface area contributed by atoms with E-state index in [0.717, 1.165) is 0 Å². The summed E-state index contributed by atoms with van der Waals surface area (Å²) < 4.78 is 35.0. The number of hydrogen-bond donors (Lipinski definition) is 8. The van der Waals surface area contributed by atoms with Gasteiger partial charge in [0.15, 0.2) is 5.60 Å². The fourth-order valence-electron chi connectivity index (χ4n) is 6.38. The van der Waals surface area contributed by atoms with Gasteiger partial charge in [0.1, 0.15) is 71.8 Å². The maximum absolute atomic E-state index is 13.2. The SMILES string of the molecule is O=C1OC2(c3ccc(O[C@@H]4O[C@H](CO)[C@@H](O)[C@H](O)[C@@H]4O)cc3Oc3cc(O[C@@H]4O[C@H](CO)[C@@H](O)[C@H](O)[C@@H]4O)ccc32)c2ccccc21. The minimum atomic E-state index is -1.67. The minimum absolute atomic E-state index is 0.0954. The smallest absolute Gasteiger partial charge is 0.340 e. The topological polar surface area (TPSA) is 234 Å². The van der Waals surface area contributed by atoms with Gasteiger partial charge in [-0.3, -0.25) is 0 Å². The van der Waals surface area contributed by atoms with Gasteiger partial charge < -0.3 is 69.3 Å². The molecule has 4 aliphatic heterocycles. The molecule has 2 fully saturated rings. The molecule has 4 heterocycles. The van der Waals surface area contributed by atoms with E-state index in [-0.39, 0.29) is 23.0 Å². The molecule has 7 rings (SSSR count). The molecule has 47 heavy (non-hydrogen) atoms. The quantitative estimate of drug-likeness (QED) is 0.143. The third-order valence-corrected chi connectivity index (χ3v) is 8.86. The van der Waals surface area contributed by atoms with Gasteiger partial charge in [-0.1, -0.05) is 18.2 Å². The summed E-state index contributed by atoms with van der Waals surface area (Å²) in [6.45, 7) is -1.29. The average molecular weight is 657 g/mol. The number of carbonyl (C=O) groups is 1. The molecule has 15 nitrogen and oxygen atoms in total. The van der Waals surface area contributed by atoms with Crippen molar-refractivity contribution >= 4 is 5.97 Å². The maximum Gasteiger partial charge on any atom is 0.340 e.